The number of carbonyl (C=O) groups excluding carboxylic acids is 1. The van der Waals surface area contributed by atoms with Crippen LogP contribution in [0.15, 0.2) is 59.5 Å². The first-order chi connectivity index (χ1) is 9.97. The Balaban J connectivity index is 1.94. The van der Waals surface area contributed by atoms with Crippen molar-refractivity contribution in [3.63, 3.8) is 0 Å². The van der Waals surface area contributed by atoms with Gasteiger partial charge in [-0.25, -0.2) is 0 Å². The van der Waals surface area contributed by atoms with Crippen LogP contribution in [0, 0.1) is 5.41 Å². The lowest BCUT2D eigenvalue weighted by atomic mass is 9.95. The Morgan fingerprint density at radius 1 is 1.10 bits per heavy atom. The molecule has 1 amide bonds. The van der Waals surface area contributed by atoms with Gasteiger partial charge in [-0.15, -0.1) is 11.8 Å². The second-order valence-electron chi connectivity index (χ2n) is 5.56. The number of para-hydroxylation sites is 1. The van der Waals surface area contributed by atoms with Crippen molar-refractivity contribution in [1.82, 2.24) is 0 Å². The zero-order chi connectivity index (χ0) is 15.3. The highest BCUT2D eigenvalue weighted by Crippen LogP contribution is 2.29. The van der Waals surface area contributed by atoms with Crippen LogP contribution in [0.25, 0.3) is 0 Å². The molecule has 0 saturated carbocycles. The summed E-state index contributed by atoms with van der Waals surface area (Å²) in [6.07, 6.45) is 0. The Kier molecular flexibility index (Phi) is 4.91. The minimum Gasteiger partial charge on any atom is -0.399 e. The molecule has 0 unspecified atom stereocenters. The molecule has 3 N–H and O–H groups in total. The van der Waals surface area contributed by atoms with E-state index in [2.05, 4.69) is 5.32 Å². The first-order valence-corrected chi connectivity index (χ1v) is 7.81. The molecule has 3 nitrogen and oxygen atoms in total. The smallest absolute Gasteiger partial charge is 0.230 e. The fourth-order valence-electron chi connectivity index (χ4n) is 1.72. The van der Waals surface area contributed by atoms with E-state index in [1.807, 2.05) is 68.4 Å². The summed E-state index contributed by atoms with van der Waals surface area (Å²) >= 11 is 1.66. The van der Waals surface area contributed by atoms with Crippen LogP contribution in [0.1, 0.15) is 13.8 Å². The second-order valence-corrected chi connectivity index (χ2v) is 6.61. The van der Waals surface area contributed by atoms with E-state index < -0.39 is 5.41 Å². The van der Waals surface area contributed by atoms with E-state index in [4.69, 9.17) is 5.73 Å². The minimum atomic E-state index is -0.456. The van der Waals surface area contributed by atoms with Crippen molar-refractivity contribution < 1.29 is 4.79 Å². The molecule has 4 heteroatoms. The van der Waals surface area contributed by atoms with Gasteiger partial charge in [-0.05, 0) is 36.4 Å². The third-order valence-electron chi connectivity index (χ3n) is 3.13. The molecule has 0 radical (unpaired) electrons. The molecule has 0 fully saturated rings. The SMILES string of the molecule is CC(C)(CSc1ccc(N)cc1)C(=O)Nc1ccccc1. The molecule has 2 aromatic carbocycles. The highest BCUT2D eigenvalue weighted by atomic mass is 32.2. The summed E-state index contributed by atoms with van der Waals surface area (Å²) in [5, 5.41) is 2.96. The largest absolute Gasteiger partial charge is 0.399 e. The molecule has 0 saturated heterocycles. The van der Waals surface area contributed by atoms with Crippen LogP contribution in [-0.2, 0) is 4.79 Å². The molecule has 2 aromatic rings. The van der Waals surface area contributed by atoms with Gasteiger partial charge in [0.2, 0.25) is 5.91 Å². The molecule has 21 heavy (non-hydrogen) atoms. The molecule has 0 aliphatic heterocycles. The Morgan fingerprint density at radius 2 is 1.71 bits per heavy atom. The molecule has 110 valence electrons. The predicted octanol–water partition coefficient (Wildman–Crippen LogP) is 4.03. The van der Waals surface area contributed by atoms with Gasteiger partial charge in [0.1, 0.15) is 0 Å². The molecule has 0 aliphatic carbocycles. The van der Waals surface area contributed by atoms with Gasteiger partial charge in [0.15, 0.2) is 0 Å². The molecule has 0 spiro atoms. The molecular weight excluding hydrogens is 280 g/mol. The zero-order valence-electron chi connectivity index (χ0n) is 12.3. The Bertz CT molecular complexity index is 594. The van der Waals surface area contributed by atoms with Gasteiger partial charge < -0.3 is 11.1 Å². The van der Waals surface area contributed by atoms with Crippen LogP contribution in [-0.4, -0.2) is 11.7 Å². The van der Waals surface area contributed by atoms with Crippen molar-refractivity contribution in [2.24, 2.45) is 5.41 Å². The van der Waals surface area contributed by atoms with E-state index >= 15 is 0 Å². The van der Waals surface area contributed by atoms with E-state index in [1.165, 1.54) is 0 Å². The van der Waals surface area contributed by atoms with Crippen LogP contribution in [0.3, 0.4) is 0 Å². The van der Waals surface area contributed by atoms with Gasteiger partial charge in [-0.1, -0.05) is 32.0 Å². The van der Waals surface area contributed by atoms with Crippen molar-refractivity contribution >= 4 is 29.0 Å². The Labute approximate surface area is 129 Å². The summed E-state index contributed by atoms with van der Waals surface area (Å²) in [4.78, 5) is 13.5. The number of rotatable bonds is 5. The third kappa shape index (κ3) is 4.53. The summed E-state index contributed by atoms with van der Waals surface area (Å²) in [6, 6.07) is 17.2. The van der Waals surface area contributed by atoms with Crippen molar-refractivity contribution in [3.8, 4) is 0 Å². The van der Waals surface area contributed by atoms with Crippen LogP contribution >= 0.6 is 11.8 Å². The summed E-state index contributed by atoms with van der Waals surface area (Å²) < 4.78 is 0. The summed E-state index contributed by atoms with van der Waals surface area (Å²) in [6.45, 7) is 3.91. The van der Waals surface area contributed by atoms with Gasteiger partial charge >= 0.3 is 0 Å². The average Bonchev–Trinajstić information content (AvgIpc) is 2.48. The average molecular weight is 300 g/mol. The van der Waals surface area contributed by atoms with E-state index in [0.717, 1.165) is 16.3 Å². The topological polar surface area (TPSA) is 55.1 Å². The van der Waals surface area contributed by atoms with Crippen LogP contribution in [0.2, 0.25) is 0 Å². The Hall–Kier alpha value is -1.94. The van der Waals surface area contributed by atoms with E-state index in [0.29, 0.717) is 5.75 Å². The lowest BCUT2D eigenvalue weighted by Gasteiger charge is -2.23. The van der Waals surface area contributed by atoms with Gasteiger partial charge in [0, 0.05) is 22.0 Å². The molecule has 0 bridgehead atoms. The van der Waals surface area contributed by atoms with E-state index in [9.17, 15) is 4.79 Å². The highest BCUT2D eigenvalue weighted by Gasteiger charge is 2.27. The number of nitrogens with two attached hydrogens (primary N) is 1. The maximum Gasteiger partial charge on any atom is 0.230 e. The van der Waals surface area contributed by atoms with Crippen molar-refractivity contribution in [2.45, 2.75) is 18.7 Å². The van der Waals surface area contributed by atoms with Gasteiger partial charge in [0.25, 0.3) is 0 Å². The summed E-state index contributed by atoms with van der Waals surface area (Å²) in [5.41, 5.74) is 6.79. The fraction of sp³-hybridized carbons (Fsp3) is 0.235. The van der Waals surface area contributed by atoms with Gasteiger partial charge in [0.05, 0.1) is 5.41 Å². The standard InChI is InChI=1S/C17H20N2OS/c1-17(2,12-21-15-10-8-13(18)9-11-15)16(20)19-14-6-4-3-5-7-14/h3-11H,12,18H2,1-2H3,(H,19,20). The molecular formula is C17H20N2OS. The zero-order valence-corrected chi connectivity index (χ0v) is 13.1. The quantitative estimate of drug-likeness (QED) is 0.647. The molecule has 0 heterocycles. The lowest BCUT2D eigenvalue weighted by molar-refractivity contribution is -0.122. The molecule has 0 atom stereocenters. The minimum absolute atomic E-state index is 0.0247. The fourth-order valence-corrected chi connectivity index (χ4v) is 2.70. The number of thioether (sulfide) groups is 1. The third-order valence-corrected chi connectivity index (χ3v) is 4.60. The maximum absolute atomic E-state index is 12.4. The molecule has 0 aromatic heterocycles. The number of nitrogen functional groups attached to an aromatic ring is 1. The van der Waals surface area contributed by atoms with Crippen LogP contribution < -0.4 is 11.1 Å². The normalized spacial score (nSPS) is 11.1. The van der Waals surface area contributed by atoms with Crippen molar-refractivity contribution in [2.75, 3.05) is 16.8 Å². The predicted molar refractivity (Wildman–Crippen MR) is 90.4 cm³/mol. The number of benzene rings is 2. The van der Waals surface area contributed by atoms with Crippen LogP contribution in [0.4, 0.5) is 11.4 Å². The number of anilines is 2. The lowest BCUT2D eigenvalue weighted by Crippen LogP contribution is -2.32. The van der Waals surface area contributed by atoms with Gasteiger partial charge in [-0.2, -0.15) is 0 Å². The first-order valence-electron chi connectivity index (χ1n) is 6.82. The highest BCUT2D eigenvalue weighted by molar-refractivity contribution is 7.99. The van der Waals surface area contributed by atoms with E-state index in [-0.39, 0.29) is 5.91 Å². The number of carbonyl (C=O) groups is 1. The Morgan fingerprint density at radius 3 is 2.33 bits per heavy atom. The molecule has 0 aliphatic rings. The molecule has 2 rings (SSSR count). The summed E-state index contributed by atoms with van der Waals surface area (Å²) in [7, 11) is 0. The van der Waals surface area contributed by atoms with Gasteiger partial charge in [-0.3, -0.25) is 4.79 Å². The number of hydrogen-bond acceptors (Lipinski definition) is 3. The first kappa shape index (κ1) is 15.4. The monoisotopic (exact) mass is 300 g/mol. The second kappa shape index (κ2) is 6.68. The maximum atomic E-state index is 12.4. The van der Waals surface area contributed by atoms with Crippen molar-refractivity contribution in [3.05, 3.63) is 54.6 Å². The number of nitrogens with one attached hydrogen (secondary N) is 1. The van der Waals surface area contributed by atoms with Crippen LogP contribution in [0.5, 0.6) is 0 Å². The van der Waals surface area contributed by atoms with Crippen molar-refractivity contribution in [1.29, 1.82) is 0 Å². The number of amides is 1. The summed E-state index contributed by atoms with van der Waals surface area (Å²) in [5.74, 6) is 0.729. The van der Waals surface area contributed by atoms with E-state index in [1.54, 1.807) is 11.8 Å². The number of hydrogen-bond donors (Lipinski definition) is 2.